The Labute approximate surface area is 128 Å². The summed E-state index contributed by atoms with van der Waals surface area (Å²) in [5, 5.41) is 11.8. The van der Waals surface area contributed by atoms with Crippen LogP contribution in [0.25, 0.3) is 0 Å². The molecule has 4 nitrogen and oxygen atoms in total. The molecule has 0 radical (unpaired) electrons. The lowest BCUT2D eigenvalue weighted by Crippen LogP contribution is -1.98. The molecule has 20 heavy (non-hydrogen) atoms. The second-order valence-corrected chi connectivity index (χ2v) is 6.07. The lowest BCUT2D eigenvalue weighted by Gasteiger charge is -2.11. The predicted molar refractivity (Wildman–Crippen MR) is 78.8 cm³/mol. The van der Waals surface area contributed by atoms with Crippen LogP contribution in [0.2, 0.25) is 10.0 Å². The minimum absolute atomic E-state index is 0.0442. The first-order chi connectivity index (χ1) is 9.54. The van der Waals surface area contributed by atoms with Gasteiger partial charge in [0.2, 0.25) is 0 Å². The lowest BCUT2D eigenvalue weighted by molar-refractivity contribution is -0.385. The maximum absolute atomic E-state index is 10.8. The van der Waals surface area contributed by atoms with Gasteiger partial charge in [0.1, 0.15) is 5.75 Å². The molecule has 0 saturated carbocycles. The van der Waals surface area contributed by atoms with Gasteiger partial charge in [-0.3, -0.25) is 10.1 Å². The molecule has 0 saturated heterocycles. The van der Waals surface area contributed by atoms with Crippen molar-refractivity contribution in [2.75, 3.05) is 0 Å². The molecule has 3 rings (SSSR count). The van der Waals surface area contributed by atoms with E-state index >= 15 is 0 Å². The minimum atomic E-state index is -0.427. The van der Waals surface area contributed by atoms with Crippen molar-refractivity contribution in [3.05, 3.63) is 62.1 Å². The zero-order valence-electron chi connectivity index (χ0n) is 9.88. The molecular weight excluding hydrogens is 321 g/mol. The number of nitro benzene ring substituents is 1. The highest BCUT2D eigenvalue weighted by molar-refractivity contribution is 7.99. The van der Waals surface area contributed by atoms with Crippen molar-refractivity contribution in [3.63, 3.8) is 0 Å². The zero-order chi connectivity index (χ0) is 14.3. The van der Waals surface area contributed by atoms with Crippen molar-refractivity contribution in [1.82, 2.24) is 0 Å². The second kappa shape index (κ2) is 5.16. The van der Waals surface area contributed by atoms with Crippen LogP contribution in [0.3, 0.4) is 0 Å². The Hall–Kier alpha value is -1.43. The topological polar surface area (TPSA) is 52.4 Å². The highest BCUT2D eigenvalue weighted by Crippen LogP contribution is 2.50. The van der Waals surface area contributed by atoms with Gasteiger partial charge in [0.15, 0.2) is 5.44 Å². The summed E-state index contributed by atoms with van der Waals surface area (Å²) in [5.74, 6) is 0.622. The number of hydrogen-bond donors (Lipinski definition) is 0. The summed E-state index contributed by atoms with van der Waals surface area (Å²) < 4.78 is 5.76. The van der Waals surface area contributed by atoms with Crippen LogP contribution >= 0.6 is 35.0 Å². The first-order valence-corrected chi connectivity index (χ1v) is 7.25. The molecule has 0 aliphatic carbocycles. The number of halogens is 2. The first-order valence-electron chi connectivity index (χ1n) is 5.61. The molecule has 1 aliphatic heterocycles. The van der Waals surface area contributed by atoms with Crippen LogP contribution in [0.1, 0.15) is 11.0 Å². The van der Waals surface area contributed by atoms with Gasteiger partial charge in [-0.25, -0.2) is 0 Å². The number of hydrogen-bond acceptors (Lipinski definition) is 4. The normalized spacial score (nSPS) is 16.6. The molecule has 1 atom stereocenters. The standard InChI is InChI=1S/C13H7Cl2NO3S/c14-7-1-3-9(10(15)5-7)13-19-11-4-2-8(16(17)18)6-12(11)20-13/h1-6,13H. The summed E-state index contributed by atoms with van der Waals surface area (Å²) in [4.78, 5) is 11.1. The van der Waals surface area contributed by atoms with Crippen LogP contribution in [-0.2, 0) is 0 Å². The number of nitro groups is 1. The van der Waals surface area contributed by atoms with E-state index in [9.17, 15) is 10.1 Å². The summed E-state index contributed by atoms with van der Waals surface area (Å²) in [5.41, 5.74) is 0.513. The van der Waals surface area contributed by atoms with Crippen molar-refractivity contribution in [1.29, 1.82) is 0 Å². The zero-order valence-corrected chi connectivity index (χ0v) is 12.2. The Morgan fingerprint density at radius 2 is 2.00 bits per heavy atom. The number of ether oxygens (including phenoxy) is 1. The fourth-order valence-electron chi connectivity index (χ4n) is 1.87. The summed E-state index contributed by atoms with van der Waals surface area (Å²) in [7, 11) is 0. The Morgan fingerprint density at radius 1 is 1.20 bits per heavy atom. The molecule has 1 heterocycles. The Morgan fingerprint density at radius 3 is 2.70 bits per heavy atom. The fourth-order valence-corrected chi connectivity index (χ4v) is 3.58. The molecule has 1 unspecified atom stereocenters. The Bertz CT molecular complexity index is 708. The Balaban J connectivity index is 1.92. The van der Waals surface area contributed by atoms with Crippen LogP contribution in [0.5, 0.6) is 5.75 Å². The SMILES string of the molecule is O=[N+]([O-])c1ccc2c(c1)SC(c1ccc(Cl)cc1Cl)O2. The van der Waals surface area contributed by atoms with Gasteiger partial charge in [-0.1, -0.05) is 41.0 Å². The summed E-state index contributed by atoms with van der Waals surface area (Å²) >= 11 is 13.4. The van der Waals surface area contributed by atoms with Crippen molar-refractivity contribution in [2.45, 2.75) is 10.3 Å². The third kappa shape index (κ3) is 2.44. The van der Waals surface area contributed by atoms with E-state index in [4.69, 9.17) is 27.9 Å². The van der Waals surface area contributed by atoms with Gasteiger partial charge >= 0.3 is 0 Å². The molecule has 102 valence electrons. The number of non-ortho nitro benzene ring substituents is 1. The number of nitrogens with zero attached hydrogens (tertiary/aromatic N) is 1. The van der Waals surface area contributed by atoms with E-state index in [1.165, 1.54) is 23.9 Å². The molecule has 2 aromatic carbocycles. The second-order valence-electron chi connectivity index (χ2n) is 4.12. The molecule has 2 aromatic rings. The number of fused-ring (bicyclic) bond motifs is 1. The third-order valence-electron chi connectivity index (χ3n) is 2.82. The van der Waals surface area contributed by atoms with Crippen molar-refractivity contribution in [3.8, 4) is 5.75 Å². The van der Waals surface area contributed by atoms with Crippen LogP contribution in [-0.4, -0.2) is 4.92 Å². The average molecular weight is 328 g/mol. The number of benzene rings is 2. The molecule has 0 fully saturated rings. The van der Waals surface area contributed by atoms with Gasteiger partial charge in [-0.2, -0.15) is 0 Å². The summed E-state index contributed by atoms with van der Waals surface area (Å²) in [6, 6.07) is 9.70. The average Bonchev–Trinajstić information content (AvgIpc) is 2.80. The van der Waals surface area contributed by atoms with Gasteiger partial charge in [0, 0.05) is 27.7 Å². The van der Waals surface area contributed by atoms with E-state index in [0.717, 1.165) is 10.5 Å². The predicted octanol–water partition coefficient (Wildman–Crippen LogP) is 5.08. The highest BCUT2D eigenvalue weighted by Gasteiger charge is 2.28. The van der Waals surface area contributed by atoms with Crippen LogP contribution < -0.4 is 4.74 Å². The maximum atomic E-state index is 10.8. The highest BCUT2D eigenvalue weighted by atomic mass is 35.5. The molecule has 0 spiro atoms. The lowest BCUT2D eigenvalue weighted by atomic mass is 10.2. The van der Waals surface area contributed by atoms with E-state index in [1.807, 2.05) is 0 Å². The van der Waals surface area contributed by atoms with Gasteiger partial charge in [-0.15, -0.1) is 0 Å². The number of thioether (sulfide) groups is 1. The van der Waals surface area contributed by atoms with Crippen molar-refractivity contribution >= 4 is 40.7 Å². The Kier molecular flexibility index (Phi) is 3.50. The molecular formula is C13H7Cl2NO3S. The maximum Gasteiger partial charge on any atom is 0.270 e. The monoisotopic (exact) mass is 327 g/mol. The number of rotatable bonds is 2. The van der Waals surface area contributed by atoms with E-state index in [0.29, 0.717) is 15.8 Å². The molecule has 0 amide bonds. The van der Waals surface area contributed by atoms with Gasteiger partial charge in [0.25, 0.3) is 5.69 Å². The van der Waals surface area contributed by atoms with Crippen LogP contribution in [0.15, 0.2) is 41.3 Å². The van der Waals surface area contributed by atoms with E-state index < -0.39 is 4.92 Å². The van der Waals surface area contributed by atoms with E-state index in [2.05, 4.69) is 0 Å². The largest absolute Gasteiger partial charge is 0.473 e. The fraction of sp³-hybridized carbons (Fsp3) is 0.0769. The van der Waals surface area contributed by atoms with E-state index in [-0.39, 0.29) is 11.1 Å². The first kappa shape index (κ1) is 13.5. The summed E-state index contributed by atoms with van der Waals surface area (Å²) in [6.07, 6.45) is 0. The quantitative estimate of drug-likeness (QED) is 0.569. The van der Waals surface area contributed by atoms with Gasteiger partial charge in [-0.05, 0) is 18.2 Å². The van der Waals surface area contributed by atoms with Gasteiger partial charge in [0.05, 0.1) is 9.82 Å². The van der Waals surface area contributed by atoms with Crippen LogP contribution in [0, 0.1) is 10.1 Å². The minimum Gasteiger partial charge on any atom is -0.473 e. The van der Waals surface area contributed by atoms with Crippen molar-refractivity contribution in [2.24, 2.45) is 0 Å². The molecule has 0 bridgehead atoms. The van der Waals surface area contributed by atoms with Crippen molar-refractivity contribution < 1.29 is 9.66 Å². The summed E-state index contributed by atoms with van der Waals surface area (Å²) in [6.45, 7) is 0. The molecule has 0 N–H and O–H groups in total. The molecule has 7 heteroatoms. The third-order valence-corrected chi connectivity index (χ3v) is 4.52. The smallest absolute Gasteiger partial charge is 0.270 e. The van der Waals surface area contributed by atoms with E-state index in [1.54, 1.807) is 24.3 Å². The molecule has 0 aromatic heterocycles. The van der Waals surface area contributed by atoms with Gasteiger partial charge < -0.3 is 4.74 Å². The van der Waals surface area contributed by atoms with Crippen LogP contribution in [0.4, 0.5) is 5.69 Å². The molecule has 1 aliphatic rings.